The number of aryl methyl sites for hydroxylation is 1. The van der Waals surface area contributed by atoms with E-state index in [0.29, 0.717) is 16.3 Å². The van der Waals surface area contributed by atoms with Gasteiger partial charge < -0.3 is 5.32 Å². The lowest BCUT2D eigenvalue weighted by Gasteiger charge is -2.13. The second-order valence-electron chi connectivity index (χ2n) is 6.50. The average molecular weight is 397 g/mol. The number of thiazole rings is 1. The van der Waals surface area contributed by atoms with Crippen molar-refractivity contribution in [3.63, 3.8) is 0 Å². The fourth-order valence-electron chi connectivity index (χ4n) is 2.75. The molecule has 3 rings (SSSR count). The van der Waals surface area contributed by atoms with Crippen molar-refractivity contribution in [1.29, 1.82) is 0 Å². The molecule has 0 saturated carbocycles. The summed E-state index contributed by atoms with van der Waals surface area (Å²) in [6.45, 7) is 5.03. The van der Waals surface area contributed by atoms with Crippen LogP contribution in [0.2, 0.25) is 0 Å². The molecular formula is C21H20FN3O2S. The molecule has 0 radical (unpaired) electrons. The second-order valence-corrected chi connectivity index (χ2v) is 7.36. The summed E-state index contributed by atoms with van der Waals surface area (Å²) in [5.74, 6) is -0.749. The quantitative estimate of drug-likeness (QED) is 0.655. The Morgan fingerprint density at radius 3 is 2.50 bits per heavy atom. The van der Waals surface area contributed by atoms with Crippen LogP contribution in [0, 0.1) is 12.7 Å². The van der Waals surface area contributed by atoms with Gasteiger partial charge in [0, 0.05) is 23.4 Å². The van der Waals surface area contributed by atoms with Crippen LogP contribution in [-0.4, -0.2) is 16.8 Å². The zero-order chi connectivity index (χ0) is 20.3. The van der Waals surface area contributed by atoms with Crippen LogP contribution in [0.3, 0.4) is 0 Å². The van der Waals surface area contributed by atoms with Gasteiger partial charge in [0.2, 0.25) is 5.91 Å². The number of benzene rings is 2. The molecule has 144 valence electrons. The molecule has 2 aromatic carbocycles. The van der Waals surface area contributed by atoms with E-state index in [2.05, 4.69) is 15.6 Å². The van der Waals surface area contributed by atoms with E-state index in [1.165, 1.54) is 36.5 Å². The van der Waals surface area contributed by atoms with Crippen molar-refractivity contribution in [1.82, 2.24) is 10.3 Å². The van der Waals surface area contributed by atoms with Crippen LogP contribution in [-0.2, 0) is 4.79 Å². The zero-order valence-corrected chi connectivity index (χ0v) is 16.6. The molecule has 3 aromatic rings. The van der Waals surface area contributed by atoms with Gasteiger partial charge in [-0.2, -0.15) is 0 Å². The first-order chi connectivity index (χ1) is 13.3. The summed E-state index contributed by atoms with van der Waals surface area (Å²) >= 11 is 1.32. The first-order valence-corrected chi connectivity index (χ1v) is 9.62. The third kappa shape index (κ3) is 4.61. The summed E-state index contributed by atoms with van der Waals surface area (Å²) in [6.07, 6.45) is 0. The number of hydrogen-bond acceptors (Lipinski definition) is 4. The van der Waals surface area contributed by atoms with Crippen molar-refractivity contribution >= 4 is 28.3 Å². The Morgan fingerprint density at radius 1 is 1.14 bits per heavy atom. The van der Waals surface area contributed by atoms with E-state index in [9.17, 15) is 14.0 Å². The molecule has 7 heteroatoms. The van der Waals surface area contributed by atoms with Gasteiger partial charge in [0.25, 0.3) is 5.91 Å². The van der Waals surface area contributed by atoms with Gasteiger partial charge in [0.1, 0.15) is 5.82 Å². The van der Waals surface area contributed by atoms with Gasteiger partial charge in [0.15, 0.2) is 5.13 Å². The number of nitrogens with zero attached hydrogens (tertiary/aromatic N) is 1. The summed E-state index contributed by atoms with van der Waals surface area (Å²) in [4.78, 5) is 28.0. The van der Waals surface area contributed by atoms with Gasteiger partial charge in [-0.25, -0.2) is 9.37 Å². The number of nitrogens with one attached hydrogen (secondary N) is 2. The molecule has 2 amide bonds. The largest absolute Gasteiger partial charge is 0.350 e. The molecule has 0 saturated heterocycles. The van der Waals surface area contributed by atoms with Crippen LogP contribution in [0.1, 0.15) is 41.4 Å². The Morgan fingerprint density at radius 2 is 1.86 bits per heavy atom. The van der Waals surface area contributed by atoms with Crippen molar-refractivity contribution in [2.45, 2.75) is 26.8 Å². The summed E-state index contributed by atoms with van der Waals surface area (Å²) in [5, 5.41) is 7.92. The molecule has 0 fully saturated rings. The highest BCUT2D eigenvalue weighted by atomic mass is 32.1. The standard InChI is InChI=1S/C21H20FN3O2S/c1-12-10-17(8-9-18(12)22)20(27)25-21-24-19(11-28-21)16-6-4-15(5-7-16)13(2)23-14(3)26/h4-11,13H,1-3H3,(H,23,26)(H,24,25,27). The molecule has 1 aromatic heterocycles. The van der Waals surface area contributed by atoms with Crippen molar-refractivity contribution in [2.24, 2.45) is 0 Å². The van der Waals surface area contributed by atoms with Crippen LogP contribution in [0.25, 0.3) is 11.3 Å². The number of carbonyl (C=O) groups excluding carboxylic acids is 2. The first-order valence-electron chi connectivity index (χ1n) is 8.74. The molecule has 1 heterocycles. The smallest absolute Gasteiger partial charge is 0.257 e. The minimum atomic E-state index is -0.343. The van der Waals surface area contributed by atoms with Gasteiger partial charge in [-0.15, -0.1) is 11.3 Å². The molecule has 1 atom stereocenters. The van der Waals surface area contributed by atoms with E-state index in [4.69, 9.17) is 0 Å². The van der Waals surface area contributed by atoms with E-state index in [-0.39, 0.29) is 23.7 Å². The van der Waals surface area contributed by atoms with Crippen LogP contribution >= 0.6 is 11.3 Å². The van der Waals surface area contributed by atoms with Gasteiger partial charge in [0.05, 0.1) is 11.7 Å². The Bertz CT molecular complexity index is 1010. The van der Waals surface area contributed by atoms with E-state index in [1.54, 1.807) is 6.92 Å². The summed E-state index contributed by atoms with van der Waals surface area (Å²) < 4.78 is 13.4. The lowest BCUT2D eigenvalue weighted by atomic mass is 10.1. The highest BCUT2D eigenvalue weighted by Gasteiger charge is 2.12. The summed E-state index contributed by atoms with van der Waals surface area (Å²) in [6, 6.07) is 11.9. The maximum absolute atomic E-state index is 13.4. The van der Waals surface area contributed by atoms with E-state index < -0.39 is 0 Å². The third-order valence-electron chi connectivity index (χ3n) is 4.27. The molecule has 2 N–H and O–H groups in total. The zero-order valence-electron chi connectivity index (χ0n) is 15.7. The predicted octanol–water partition coefficient (Wildman–Crippen LogP) is 4.71. The molecule has 0 bridgehead atoms. The SMILES string of the molecule is CC(=O)NC(C)c1ccc(-c2csc(NC(=O)c3ccc(F)c(C)c3)n2)cc1. The summed E-state index contributed by atoms with van der Waals surface area (Å²) in [7, 11) is 0. The highest BCUT2D eigenvalue weighted by molar-refractivity contribution is 7.14. The maximum Gasteiger partial charge on any atom is 0.257 e. The van der Waals surface area contributed by atoms with Crippen molar-refractivity contribution in [3.8, 4) is 11.3 Å². The van der Waals surface area contributed by atoms with Crippen LogP contribution in [0.15, 0.2) is 47.8 Å². The van der Waals surface area contributed by atoms with Gasteiger partial charge in [-0.3, -0.25) is 14.9 Å². The first kappa shape index (κ1) is 19.7. The van der Waals surface area contributed by atoms with Crippen molar-refractivity contribution < 1.29 is 14.0 Å². The molecule has 0 aliphatic carbocycles. The minimum Gasteiger partial charge on any atom is -0.350 e. The molecule has 0 aliphatic rings. The number of halogens is 1. The maximum atomic E-state index is 13.4. The average Bonchev–Trinajstić information content (AvgIpc) is 3.12. The minimum absolute atomic E-state index is 0.0731. The number of aromatic nitrogens is 1. The van der Waals surface area contributed by atoms with Gasteiger partial charge >= 0.3 is 0 Å². The fourth-order valence-corrected chi connectivity index (χ4v) is 3.46. The number of rotatable bonds is 5. The molecule has 1 unspecified atom stereocenters. The van der Waals surface area contributed by atoms with Crippen LogP contribution in [0.5, 0.6) is 0 Å². The van der Waals surface area contributed by atoms with Gasteiger partial charge in [-0.05, 0) is 43.2 Å². The van der Waals surface area contributed by atoms with E-state index >= 15 is 0 Å². The lowest BCUT2D eigenvalue weighted by Crippen LogP contribution is -2.23. The lowest BCUT2D eigenvalue weighted by molar-refractivity contribution is -0.119. The number of amides is 2. The summed E-state index contributed by atoms with van der Waals surface area (Å²) in [5.41, 5.74) is 3.45. The fraction of sp³-hybridized carbons (Fsp3) is 0.190. The van der Waals surface area contributed by atoms with Gasteiger partial charge in [-0.1, -0.05) is 24.3 Å². The number of hydrogen-bond donors (Lipinski definition) is 2. The Hall–Kier alpha value is -3.06. The monoisotopic (exact) mass is 397 g/mol. The molecule has 28 heavy (non-hydrogen) atoms. The van der Waals surface area contributed by atoms with Crippen molar-refractivity contribution in [3.05, 3.63) is 70.4 Å². The second kappa shape index (κ2) is 8.31. The normalized spacial score (nSPS) is 11.7. The van der Waals surface area contributed by atoms with Crippen LogP contribution < -0.4 is 10.6 Å². The molecule has 0 aliphatic heterocycles. The molecule has 5 nitrogen and oxygen atoms in total. The predicted molar refractivity (Wildman–Crippen MR) is 109 cm³/mol. The molecule has 0 spiro atoms. The van der Waals surface area contributed by atoms with E-state index in [1.807, 2.05) is 36.6 Å². The number of anilines is 1. The highest BCUT2D eigenvalue weighted by Crippen LogP contribution is 2.26. The van der Waals surface area contributed by atoms with E-state index in [0.717, 1.165) is 16.8 Å². The van der Waals surface area contributed by atoms with Crippen LogP contribution in [0.4, 0.5) is 9.52 Å². The van der Waals surface area contributed by atoms with Crippen molar-refractivity contribution in [2.75, 3.05) is 5.32 Å². The molecular weight excluding hydrogens is 377 g/mol. The Kier molecular flexibility index (Phi) is 5.84. The topological polar surface area (TPSA) is 71.1 Å². The third-order valence-corrected chi connectivity index (χ3v) is 5.03. The Balaban J connectivity index is 1.70. The number of carbonyl (C=O) groups is 2. The Labute approximate surface area is 166 Å².